The van der Waals surface area contributed by atoms with Gasteiger partial charge in [-0.3, -0.25) is 4.79 Å². The zero-order chi connectivity index (χ0) is 24.9. The van der Waals surface area contributed by atoms with Crippen LogP contribution < -0.4 is 0 Å². The molecule has 0 bridgehead atoms. The Morgan fingerprint density at radius 2 is 1.57 bits per heavy atom. The van der Waals surface area contributed by atoms with Crippen molar-refractivity contribution in [3.8, 4) is 0 Å². The third kappa shape index (κ3) is 7.88. The number of nitrogens with zero attached hydrogens (tertiary/aromatic N) is 6. The first-order valence-corrected chi connectivity index (χ1v) is 13.7. The van der Waals surface area contributed by atoms with Crippen molar-refractivity contribution in [1.29, 1.82) is 0 Å². The summed E-state index contributed by atoms with van der Waals surface area (Å²) in [6.07, 6.45) is 18.8. The summed E-state index contributed by atoms with van der Waals surface area (Å²) in [6, 6.07) is 0.377. The maximum Gasteiger partial charge on any atom is 0.525 e. The Balaban J connectivity index is 1.39. The van der Waals surface area contributed by atoms with Crippen LogP contribution in [0.25, 0.3) is 6.08 Å². The van der Waals surface area contributed by atoms with E-state index in [9.17, 15) is 9.90 Å². The molecule has 0 fully saturated rings. The average Bonchev–Trinajstić information content (AvgIpc) is 3.55. The molecule has 35 heavy (non-hydrogen) atoms. The van der Waals surface area contributed by atoms with Gasteiger partial charge in [0, 0.05) is 16.6 Å². The van der Waals surface area contributed by atoms with E-state index in [1.165, 1.54) is 76.7 Å². The number of unbranched alkanes of at least 4 members (excludes halogenated alkanes) is 11. The first kappa shape index (κ1) is 26.8. The van der Waals surface area contributed by atoms with Crippen LogP contribution in [-0.4, -0.2) is 49.4 Å². The lowest BCUT2D eigenvalue weighted by Crippen LogP contribution is -2.24. The van der Waals surface area contributed by atoms with Crippen LogP contribution in [-0.2, 0) is 9.53 Å². The number of aliphatic hydroxyl groups excluding tert-OH is 1. The van der Waals surface area contributed by atoms with E-state index in [0.29, 0.717) is 11.0 Å². The van der Waals surface area contributed by atoms with Crippen molar-refractivity contribution in [2.75, 3.05) is 13.1 Å². The Kier molecular flexibility index (Phi) is 11.2. The highest BCUT2D eigenvalue weighted by molar-refractivity contribution is 7.06. The quantitative estimate of drug-likeness (QED) is 0.166. The maximum absolute atomic E-state index is 12.5. The molecular weight excluding hydrogens is 464 g/mol. The van der Waals surface area contributed by atoms with E-state index in [4.69, 9.17) is 4.74 Å². The normalized spacial score (nSPS) is 19.1. The van der Waals surface area contributed by atoms with Crippen molar-refractivity contribution in [2.24, 2.45) is 10.2 Å². The van der Waals surface area contributed by atoms with Gasteiger partial charge in [-0.15, -0.1) is 5.10 Å². The first-order chi connectivity index (χ1) is 17.2. The van der Waals surface area contributed by atoms with Gasteiger partial charge in [0.25, 0.3) is 5.88 Å². The third-order valence-electron chi connectivity index (χ3n) is 6.23. The van der Waals surface area contributed by atoms with Crippen LogP contribution in [0.15, 0.2) is 39.1 Å². The number of Topliss-reactive ketones (excluding diaryl/α,β-unsaturated/α-hetero) is 1. The Morgan fingerprint density at radius 1 is 0.914 bits per heavy atom. The van der Waals surface area contributed by atoms with Crippen LogP contribution in [0.5, 0.6) is 0 Å². The number of azo groups is 1. The molecule has 2 heterocycles. The zero-order valence-corrected chi connectivity index (χ0v) is 21.7. The fourth-order valence-corrected chi connectivity index (χ4v) is 4.47. The number of hydrogen-bond donors (Lipinski definition) is 1. The molecule has 1 aromatic rings. The molecule has 1 aliphatic carbocycles. The minimum Gasteiger partial charge on any atom is -0.506 e. The second-order valence-electron chi connectivity index (χ2n) is 8.86. The highest BCUT2D eigenvalue weighted by Gasteiger charge is 2.40. The van der Waals surface area contributed by atoms with Crippen LogP contribution >= 0.6 is 11.5 Å². The molecule has 1 N–H and O–H groups in total. The highest BCUT2D eigenvalue weighted by atomic mass is 32.1. The molecule has 0 amide bonds. The molecule has 0 spiro atoms. The van der Waals surface area contributed by atoms with E-state index in [1.54, 1.807) is 6.08 Å². The monoisotopic (exact) mass is 501 g/mol. The van der Waals surface area contributed by atoms with Gasteiger partial charge in [-0.05, 0) is 37.1 Å². The number of carbonyl (C=O) groups excluding carboxylic acids is 1. The van der Waals surface area contributed by atoms with Gasteiger partial charge in [-0.25, -0.2) is 4.58 Å². The SMILES string of the molecule is CCCCCCCCCCCCCC[N+](CC)=C1N=NC(=C2C(=O)C(/C=C/c3nnns3)=C2O)O1. The number of aliphatic hydroxyl groups is 1. The molecule has 2 aliphatic rings. The zero-order valence-electron chi connectivity index (χ0n) is 20.9. The Bertz CT molecular complexity index is 995. The van der Waals surface area contributed by atoms with Crippen LogP contribution in [0.2, 0.25) is 0 Å². The standard InChI is InChI=1S/C25H36N6O3S/c1-3-5-6-7-8-9-10-11-12-13-14-15-18-31(4-2)25-28-27-24(34-25)21-22(32)19(23(21)33)16-17-20-26-29-30-35-20/h16-17H,3-15,18H2,1-2H3/p+1. The summed E-state index contributed by atoms with van der Waals surface area (Å²) in [5.74, 6) is -0.441. The molecule has 0 atom stereocenters. The van der Waals surface area contributed by atoms with Gasteiger partial charge in [-0.1, -0.05) is 75.6 Å². The second kappa shape index (κ2) is 14.6. The molecule has 9 nitrogen and oxygen atoms in total. The van der Waals surface area contributed by atoms with E-state index in [0.717, 1.165) is 31.0 Å². The van der Waals surface area contributed by atoms with Crippen molar-refractivity contribution >= 4 is 29.4 Å². The summed E-state index contributed by atoms with van der Waals surface area (Å²) in [6.45, 7) is 5.85. The minimum absolute atomic E-state index is 0.0466. The van der Waals surface area contributed by atoms with E-state index < -0.39 is 0 Å². The highest BCUT2D eigenvalue weighted by Crippen LogP contribution is 2.34. The average molecular weight is 502 g/mol. The summed E-state index contributed by atoms with van der Waals surface area (Å²) >= 11 is 1.10. The molecule has 0 saturated heterocycles. The minimum atomic E-state index is -0.338. The van der Waals surface area contributed by atoms with Crippen molar-refractivity contribution in [3.63, 3.8) is 0 Å². The number of ether oxygens (including phenoxy) is 1. The van der Waals surface area contributed by atoms with Crippen LogP contribution in [0.1, 0.15) is 95.9 Å². The van der Waals surface area contributed by atoms with Crippen LogP contribution in [0, 0.1) is 0 Å². The predicted molar refractivity (Wildman–Crippen MR) is 136 cm³/mol. The first-order valence-electron chi connectivity index (χ1n) is 12.9. The maximum atomic E-state index is 12.5. The Morgan fingerprint density at radius 3 is 2.14 bits per heavy atom. The lowest BCUT2D eigenvalue weighted by Gasteiger charge is -2.17. The van der Waals surface area contributed by atoms with Crippen LogP contribution in [0.3, 0.4) is 0 Å². The van der Waals surface area contributed by atoms with E-state index in [-0.39, 0.29) is 28.6 Å². The van der Waals surface area contributed by atoms with Gasteiger partial charge in [0.1, 0.15) is 16.4 Å². The molecule has 3 rings (SSSR count). The van der Waals surface area contributed by atoms with Gasteiger partial charge < -0.3 is 9.84 Å². The summed E-state index contributed by atoms with van der Waals surface area (Å²) in [4.78, 5) is 12.5. The summed E-state index contributed by atoms with van der Waals surface area (Å²) in [5.41, 5.74) is 0.235. The second-order valence-corrected chi connectivity index (χ2v) is 9.62. The molecule has 0 unspecified atom stereocenters. The van der Waals surface area contributed by atoms with E-state index in [1.807, 2.05) is 11.5 Å². The van der Waals surface area contributed by atoms with Crippen molar-refractivity contribution in [1.82, 2.24) is 14.8 Å². The van der Waals surface area contributed by atoms with Crippen LogP contribution in [0.4, 0.5) is 0 Å². The van der Waals surface area contributed by atoms with Gasteiger partial charge in [0.2, 0.25) is 5.78 Å². The number of amidine groups is 1. The van der Waals surface area contributed by atoms with Gasteiger partial charge in [0.15, 0.2) is 5.01 Å². The fourth-order valence-electron chi connectivity index (χ4n) is 4.11. The van der Waals surface area contributed by atoms with Gasteiger partial charge in [-0.2, -0.15) is 0 Å². The number of rotatable bonds is 16. The lowest BCUT2D eigenvalue weighted by atomic mass is 9.88. The lowest BCUT2D eigenvalue weighted by molar-refractivity contribution is -0.533. The van der Waals surface area contributed by atoms with E-state index >= 15 is 0 Å². The third-order valence-corrected chi connectivity index (χ3v) is 6.79. The van der Waals surface area contributed by atoms with E-state index in [2.05, 4.69) is 32.0 Å². The summed E-state index contributed by atoms with van der Waals surface area (Å²) in [7, 11) is 0. The number of ketones is 1. The number of hydrogen-bond acceptors (Lipinski definition) is 8. The fraction of sp³-hybridized carbons (Fsp3) is 0.640. The molecule has 190 valence electrons. The van der Waals surface area contributed by atoms with Crippen molar-refractivity contribution in [2.45, 2.75) is 90.9 Å². The number of allylic oxidation sites excluding steroid dienone is 3. The van der Waals surface area contributed by atoms with Gasteiger partial charge >= 0.3 is 6.02 Å². The molecule has 0 aromatic carbocycles. The molecule has 1 aromatic heterocycles. The van der Waals surface area contributed by atoms with Gasteiger partial charge in [0.05, 0.1) is 18.7 Å². The molecule has 1 aliphatic heterocycles. The smallest absolute Gasteiger partial charge is 0.506 e. The number of aromatic nitrogens is 3. The predicted octanol–water partition coefficient (Wildman–Crippen LogP) is 6.12. The number of carbonyl (C=O) groups is 1. The van der Waals surface area contributed by atoms with Crippen molar-refractivity contribution in [3.05, 3.63) is 33.9 Å². The molecular formula is C25H37N6O3S+. The van der Waals surface area contributed by atoms with Crippen molar-refractivity contribution < 1.29 is 19.2 Å². The largest absolute Gasteiger partial charge is 0.525 e. The Labute approximate surface area is 211 Å². The molecule has 10 heteroatoms. The molecule has 0 radical (unpaired) electrons. The Hall–Kier alpha value is -2.75. The topological polar surface area (TPSA) is 113 Å². The summed E-state index contributed by atoms with van der Waals surface area (Å²) < 4.78 is 11.4. The molecule has 0 saturated carbocycles. The summed E-state index contributed by atoms with van der Waals surface area (Å²) in [5, 5.41) is 26.2.